The predicted molar refractivity (Wildman–Crippen MR) is 87.1 cm³/mol. The molecule has 0 spiro atoms. The molecule has 106 valence electrons. The molecule has 1 heteroatoms. The van der Waals surface area contributed by atoms with E-state index in [9.17, 15) is 0 Å². The summed E-state index contributed by atoms with van der Waals surface area (Å²) in [5.74, 6) is 0. The smallest absolute Gasteiger partial charge is 0.0295 e. The zero-order chi connectivity index (χ0) is 14.7. The average Bonchev–Trinajstić information content (AvgIpc) is 2.41. The lowest BCUT2D eigenvalue weighted by Gasteiger charge is -2.17. The van der Waals surface area contributed by atoms with Crippen LogP contribution < -0.4 is 5.32 Å². The van der Waals surface area contributed by atoms with Crippen LogP contribution in [0.25, 0.3) is 0 Å². The van der Waals surface area contributed by atoms with Gasteiger partial charge in [0.2, 0.25) is 0 Å². The van der Waals surface area contributed by atoms with Gasteiger partial charge in [-0.1, -0.05) is 42.0 Å². The van der Waals surface area contributed by atoms with Gasteiger partial charge >= 0.3 is 0 Å². The van der Waals surface area contributed by atoms with E-state index in [1.54, 1.807) is 0 Å². The molecule has 0 unspecified atom stereocenters. The SMILES string of the molecule is Cc1cccc([C@H](C)NCc2cc(C)c(C)cc2C)c1. The maximum Gasteiger partial charge on any atom is 0.0295 e. The van der Waals surface area contributed by atoms with Gasteiger partial charge in [-0.05, 0) is 62.4 Å². The Bertz CT molecular complexity index is 599. The molecular weight excluding hydrogens is 242 g/mol. The molecule has 1 atom stereocenters. The van der Waals surface area contributed by atoms with E-state index in [4.69, 9.17) is 0 Å². The second kappa shape index (κ2) is 6.23. The van der Waals surface area contributed by atoms with Crippen LogP contribution >= 0.6 is 0 Å². The number of rotatable bonds is 4. The maximum atomic E-state index is 3.63. The fraction of sp³-hybridized carbons (Fsp3) is 0.368. The van der Waals surface area contributed by atoms with Crippen LogP contribution in [0.4, 0.5) is 0 Å². The molecule has 0 saturated carbocycles. The highest BCUT2D eigenvalue weighted by atomic mass is 14.9. The summed E-state index contributed by atoms with van der Waals surface area (Å²) in [5.41, 5.74) is 8.18. The summed E-state index contributed by atoms with van der Waals surface area (Å²) >= 11 is 0. The Morgan fingerprint density at radius 2 is 1.60 bits per heavy atom. The van der Waals surface area contributed by atoms with Crippen LogP contribution in [0.2, 0.25) is 0 Å². The molecule has 20 heavy (non-hydrogen) atoms. The first-order valence-electron chi connectivity index (χ1n) is 7.34. The minimum absolute atomic E-state index is 0.371. The molecule has 2 aromatic rings. The second-order valence-electron chi connectivity index (χ2n) is 5.88. The Morgan fingerprint density at radius 3 is 2.30 bits per heavy atom. The third-order valence-corrected chi connectivity index (χ3v) is 4.09. The van der Waals surface area contributed by atoms with Gasteiger partial charge in [0.1, 0.15) is 0 Å². The largest absolute Gasteiger partial charge is 0.306 e. The zero-order valence-electron chi connectivity index (χ0n) is 13.2. The molecule has 2 aromatic carbocycles. The number of hydrogen-bond donors (Lipinski definition) is 1. The van der Waals surface area contributed by atoms with Crippen molar-refractivity contribution in [2.24, 2.45) is 0 Å². The van der Waals surface area contributed by atoms with Crippen molar-refractivity contribution < 1.29 is 0 Å². The second-order valence-corrected chi connectivity index (χ2v) is 5.88. The molecule has 0 aliphatic rings. The fourth-order valence-electron chi connectivity index (χ4n) is 2.53. The van der Waals surface area contributed by atoms with E-state index in [2.05, 4.69) is 76.3 Å². The van der Waals surface area contributed by atoms with Gasteiger partial charge in [0, 0.05) is 12.6 Å². The summed E-state index contributed by atoms with van der Waals surface area (Å²) in [5, 5.41) is 3.63. The highest BCUT2D eigenvalue weighted by molar-refractivity contribution is 5.36. The summed E-state index contributed by atoms with van der Waals surface area (Å²) in [6, 6.07) is 13.7. The Morgan fingerprint density at radius 1 is 0.900 bits per heavy atom. The van der Waals surface area contributed by atoms with Crippen LogP contribution in [0.3, 0.4) is 0 Å². The molecule has 0 aromatic heterocycles. The van der Waals surface area contributed by atoms with Crippen molar-refractivity contribution in [1.29, 1.82) is 0 Å². The van der Waals surface area contributed by atoms with Gasteiger partial charge in [-0.2, -0.15) is 0 Å². The highest BCUT2D eigenvalue weighted by Gasteiger charge is 2.07. The Hall–Kier alpha value is -1.60. The zero-order valence-corrected chi connectivity index (χ0v) is 13.2. The Labute approximate surface area is 123 Å². The lowest BCUT2D eigenvalue weighted by atomic mass is 10.00. The number of hydrogen-bond acceptors (Lipinski definition) is 1. The molecular formula is C19H25N. The van der Waals surface area contributed by atoms with Crippen molar-refractivity contribution in [3.05, 3.63) is 69.8 Å². The molecule has 1 nitrogen and oxygen atoms in total. The van der Waals surface area contributed by atoms with E-state index in [1.165, 1.54) is 33.4 Å². The van der Waals surface area contributed by atoms with Gasteiger partial charge in [0.05, 0.1) is 0 Å². The van der Waals surface area contributed by atoms with E-state index in [1.807, 2.05) is 0 Å². The summed E-state index contributed by atoms with van der Waals surface area (Å²) in [6.07, 6.45) is 0. The summed E-state index contributed by atoms with van der Waals surface area (Å²) < 4.78 is 0. The third-order valence-electron chi connectivity index (χ3n) is 4.09. The maximum absolute atomic E-state index is 3.63. The van der Waals surface area contributed by atoms with E-state index in [0.29, 0.717) is 6.04 Å². The number of aryl methyl sites for hydroxylation is 4. The van der Waals surface area contributed by atoms with Gasteiger partial charge in [-0.15, -0.1) is 0 Å². The van der Waals surface area contributed by atoms with Gasteiger partial charge in [0.15, 0.2) is 0 Å². The van der Waals surface area contributed by atoms with Gasteiger partial charge in [-0.3, -0.25) is 0 Å². The van der Waals surface area contributed by atoms with Crippen LogP contribution in [0.15, 0.2) is 36.4 Å². The molecule has 0 aliphatic carbocycles. The standard InChI is InChI=1S/C19H25N/c1-13-7-6-8-18(9-13)17(5)20-12-19-11-15(3)14(2)10-16(19)4/h6-11,17,20H,12H2,1-5H3/t17-/m0/s1. The third kappa shape index (κ3) is 3.49. The molecule has 0 heterocycles. The minimum Gasteiger partial charge on any atom is -0.306 e. The first-order chi connectivity index (χ1) is 9.47. The van der Waals surface area contributed by atoms with Gasteiger partial charge < -0.3 is 5.32 Å². The normalized spacial score (nSPS) is 12.4. The van der Waals surface area contributed by atoms with Crippen LogP contribution in [0.1, 0.15) is 46.3 Å². The molecule has 0 aliphatic heterocycles. The van der Waals surface area contributed by atoms with E-state index >= 15 is 0 Å². The molecule has 0 radical (unpaired) electrons. The van der Waals surface area contributed by atoms with Crippen molar-refractivity contribution in [3.63, 3.8) is 0 Å². The topological polar surface area (TPSA) is 12.0 Å². The van der Waals surface area contributed by atoms with Gasteiger partial charge in [-0.25, -0.2) is 0 Å². The van der Waals surface area contributed by atoms with Crippen molar-refractivity contribution in [1.82, 2.24) is 5.32 Å². The summed E-state index contributed by atoms with van der Waals surface area (Å²) in [6.45, 7) is 11.8. The highest BCUT2D eigenvalue weighted by Crippen LogP contribution is 2.18. The molecule has 0 bridgehead atoms. The lowest BCUT2D eigenvalue weighted by molar-refractivity contribution is 0.573. The van der Waals surface area contributed by atoms with Crippen LogP contribution in [-0.4, -0.2) is 0 Å². The Balaban J connectivity index is 2.07. The molecule has 0 saturated heterocycles. The number of nitrogens with one attached hydrogen (secondary N) is 1. The van der Waals surface area contributed by atoms with Crippen LogP contribution in [0.5, 0.6) is 0 Å². The minimum atomic E-state index is 0.371. The average molecular weight is 267 g/mol. The summed E-state index contributed by atoms with van der Waals surface area (Å²) in [4.78, 5) is 0. The van der Waals surface area contributed by atoms with Crippen molar-refractivity contribution in [2.45, 2.75) is 47.2 Å². The van der Waals surface area contributed by atoms with Crippen molar-refractivity contribution in [3.8, 4) is 0 Å². The molecule has 0 fully saturated rings. The van der Waals surface area contributed by atoms with E-state index in [0.717, 1.165) is 6.54 Å². The van der Waals surface area contributed by atoms with E-state index in [-0.39, 0.29) is 0 Å². The molecule has 0 amide bonds. The van der Waals surface area contributed by atoms with Crippen LogP contribution in [-0.2, 0) is 6.54 Å². The quantitative estimate of drug-likeness (QED) is 0.841. The van der Waals surface area contributed by atoms with Crippen molar-refractivity contribution >= 4 is 0 Å². The molecule has 1 N–H and O–H groups in total. The lowest BCUT2D eigenvalue weighted by Crippen LogP contribution is -2.18. The number of benzene rings is 2. The van der Waals surface area contributed by atoms with Gasteiger partial charge in [0.25, 0.3) is 0 Å². The first-order valence-corrected chi connectivity index (χ1v) is 7.34. The predicted octanol–water partition coefficient (Wildman–Crippen LogP) is 4.77. The Kier molecular flexibility index (Phi) is 4.61. The van der Waals surface area contributed by atoms with Crippen LogP contribution in [0, 0.1) is 27.7 Å². The monoisotopic (exact) mass is 267 g/mol. The van der Waals surface area contributed by atoms with E-state index < -0.39 is 0 Å². The fourth-order valence-corrected chi connectivity index (χ4v) is 2.53. The summed E-state index contributed by atoms with van der Waals surface area (Å²) in [7, 11) is 0. The molecule has 2 rings (SSSR count). The first kappa shape index (κ1) is 14.8. The van der Waals surface area contributed by atoms with Crippen molar-refractivity contribution in [2.75, 3.05) is 0 Å².